The molecule has 2 fully saturated rings. The molecule has 0 aromatic heterocycles. The lowest BCUT2D eigenvalue weighted by molar-refractivity contribution is -0.150. The summed E-state index contributed by atoms with van der Waals surface area (Å²) in [5.41, 5.74) is 4.74. The maximum atomic E-state index is 12.9. The zero-order valence-electron chi connectivity index (χ0n) is 20.0. The molecule has 0 saturated heterocycles. The van der Waals surface area contributed by atoms with Gasteiger partial charge in [0.2, 0.25) is 5.91 Å². The van der Waals surface area contributed by atoms with Gasteiger partial charge in [-0.2, -0.15) is 0 Å². The number of alkyl carbamates (subject to hydrolysis) is 1. The van der Waals surface area contributed by atoms with Crippen LogP contribution >= 0.6 is 0 Å². The van der Waals surface area contributed by atoms with Gasteiger partial charge in [-0.1, -0.05) is 48.5 Å². The monoisotopic (exact) mass is 476 g/mol. The fraction of sp³-hybridized carbons (Fsp3) is 0.464. The van der Waals surface area contributed by atoms with Gasteiger partial charge in [-0.25, -0.2) is 9.59 Å². The van der Waals surface area contributed by atoms with E-state index in [-0.39, 0.29) is 36.4 Å². The molecule has 0 aliphatic heterocycles. The first-order valence-corrected chi connectivity index (χ1v) is 12.6. The molecule has 0 radical (unpaired) electrons. The van der Waals surface area contributed by atoms with Gasteiger partial charge in [0.15, 0.2) is 0 Å². The Hall–Kier alpha value is -3.35. The Labute approximate surface area is 205 Å². The van der Waals surface area contributed by atoms with E-state index in [0.29, 0.717) is 12.8 Å². The van der Waals surface area contributed by atoms with Crippen LogP contribution < -0.4 is 5.32 Å². The summed E-state index contributed by atoms with van der Waals surface area (Å²) < 4.78 is 5.66. The highest BCUT2D eigenvalue weighted by molar-refractivity contribution is 5.84. The normalized spacial score (nSPS) is 21.6. The summed E-state index contributed by atoms with van der Waals surface area (Å²) in [7, 11) is 0. The number of rotatable bonds is 8. The van der Waals surface area contributed by atoms with Crippen molar-refractivity contribution >= 4 is 18.0 Å². The molecule has 0 heterocycles. The molecule has 3 aliphatic carbocycles. The number of ether oxygens (including phenoxy) is 1. The van der Waals surface area contributed by atoms with E-state index >= 15 is 0 Å². The van der Waals surface area contributed by atoms with Crippen LogP contribution in [0.1, 0.15) is 62.5 Å². The van der Waals surface area contributed by atoms with E-state index < -0.39 is 18.1 Å². The van der Waals surface area contributed by atoms with Gasteiger partial charge in [-0.05, 0) is 67.2 Å². The Morgan fingerprint density at radius 2 is 1.63 bits per heavy atom. The van der Waals surface area contributed by atoms with Gasteiger partial charge >= 0.3 is 12.1 Å². The molecule has 7 heteroatoms. The summed E-state index contributed by atoms with van der Waals surface area (Å²) in [5, 5.41) is 12.3. The minimum Gasteiger partial charge on any atom is -0.480 e. The summed E-state index contributed by atoms with van der Waals surface area (Å²) in [4.78, 5) is 38.4. The van der Waals surface area contributed by atoms with E-state index in [1.165, 1.54) is 22.3 Å². The predicted octanol–water partition coefficient (Wildman–Crippen LogP) is 4.55. The van der Waals surface area contributed by atoms with Gasteiger partial charge in [-0.15, -0.1) is 0 Å². The van der Waals surface area contributed by atoms with Crippen LogP contribution in [0.5, 0.6) is 0 Å². The molecular weight excluding hydrogens is 444 g/mol. The zero-order valence-corrected chi connectivity index (χ0v) is 20.0. The molecule has 2 aromatic rings. The van der Waals surface area contributed by atoms with Crippen molar-refractivity contribution in [1.82, 2.24) is 10.2 Å². The number of amides is 2. The third-order valence-corrected chi connectivity index (χ3v) is 7.67. The van der Waals surface area contributed by atoms with Gasteiger partial charge < -0.3 is 20.1 Å². The van der Waals surface area contributed by atoms with Crippen molar-refractivity contribution in [2.24, 2.45) is 5.92 Å². The highest BCUT2D eigenvalue weighted by Gasteiger charge is 2.40. The van der Waals surface area contributed by atoms with Crippen LogP contribution in [-0.4, -0.2) is 52.7 Å². The standard InChI is InChI=1S/C28H32N2O5/c1-17(27(32)33)30(20-12-13-20)26(31)15-18-10-11-19(14-18)29-28(34)35-16-25-23-8-4-2-6-21(23)22-7-3-5-9-24(22)25/h2-9,17-20,25H,10-16H2,1H3,(H,29,34)(H,32,33)/t17?,18-,19+/m1/s1. The van der Waals surface area contributed by atoms with E-state index in [1.54, 1.807) is 11.8 Å². The minimum atomic E-state index is -0.966. The van der Waals surface area contributed by atoms with Gasteiger partial charge in [0, 0.05) is 24.4 Å². The van der Waals surface area contributed by atoms with E-state index in [9.17, 15) is 19.5 Å². The number of hydrogen-bond donors (Lipinski definition) is 2. The van der Waals surface area contributed by atoms with E-state index in [1.807, 2.05) is 24.3 Å². The Balaban J connectivity index is 1.12. The number of fused-ring (bicyclic) bond motifs is 3. The van der Waals surface area contributed by atoms with Crippen LogP contribution in [-0.2, 0) is 14.3 Å². The van der Waals surface area contributed by atoms with Crippen molar-refractivity contribution in [3.05, 3.63) is 59.7 Å². The Morgan fingerprint density at radius 3 is 2.23 bits per heavy atom. The SMILES string of the molecule is CC(C(=O)O)N(C(=O)C[C@@H]1CC[C@H](NC(=O)OCC2c3ccccc3-c3ccccc32)C1)C1CC1. The second kappa shape index (κ2) is 9.72. The highest BCUT2D eigenvalue weighted by Crippen LogP contribution is 2.44. The Bertz CT molecular complexity index is 1080. The average Bonchev–Trinajstić information content (AvgIpc) is 3.50. The lowest BCUT2D eigenvalue weighted by atomic mass is 9.98. The first kappa shape index (κ1) is 23.4. The quantitative estimate of drug-likeness (QED) is 0.583. The third-order valence-electron chi connectivity index (χ3n) is 7.67. The van der Waals surface area contributed by atoms with Crippen LogP contribution in [0, 0.1) is 5.92 Å². The Morgan fingerprint density at radius 1 is 1.00 bits per heavy atom. The van der Waals surface area contributed by atoms with Crippen LogP contribution in [0.3, 0.4) is 0 Å². The number of carboxylic acids is 1. The van der Waals surface area contributed by atoms with Gasteiger partial charge in [0.25, 0.3) is 0 Å². The molecule has 2 N–H and O–H groups in total. The highest BCUT2D eigenvalue weighted by atomic mass is 16.5. The molecule has 1 unspecified atom stereocenters. The smallest absolute Gasteiger partial charge is 0.407 e. The number of benzene rings is 2. The van der Waals surface area contributed by atoms with E-state index in [4.69, 9.17) is 4.74 Å². The van der Waals surface area contributed by atoms with E-state index in [0.717, 1.165) is 25.7 Å². The first-order valence-electron chi connectivity index (χ1n) is 12.6. The molecule has 0 bridgehead atoms. The summed E-state index contributed by atoms with van der Waals surface area (Å²) in [6, 6.07) is 15.7. The zero-order chi connectivity index (χ0) is 24.5. The lowest BCUT2D eigenvalue weighted by Gasteiger charge is -2.27. The van der Waals surface area contributed by atoms with Crippen LogP contribution in [0.2, 0.25) is 0 Å². The van der Waals surface area contributed by atoms with Crippen molar-refractivity contribution < 1.29 is 24.2 Å². The number of nitrogens with one attached hydrogen (secondary N) is 1. The van der Waals surface area contributed by atoms with Crippen molar-refractivity contribution in [3.8, 4) is 11.1 Å². The Kier molecular flexibility index (Phi) is 6.50. The predicted molar refractivity (Wildman–Crippen MR) is 131 cm³/mol. The summed E-state index contributed by atoms with van der Waals surface area (Å²) in [6.45, 7) is 1.85. The number of carbonyl (C=O) groups is 3. The van der Waals surface area contributed by atoms with Gasteiger partial charge in [0.05, 0.1) is 0 Å². The molecule has 2 aromatic carbocycles. The maximum absolute atomic E-state index is 12.9. The second-order valence-corrected chi connectivity index (χ2v) is 10.1. The number of aliphatic carboxylic acids is 1. The van der Waals surface area contributed by atoms with Crippen LogP contribution in [0.4, 0.5) is 4.79 Å². The van der Waals surface area contributed by atoms with Crippen molar-refractivity contribution in [1.29, 1.82) is 0 Å². The largest absolute Gasteiger partial charge is 0.480 e. The molecule has 3 aliphatic rings. The first-order chi connectivity index (χ1) is 16.9. The summed E-state index contributed by atoms with van der Waals surface area (Å²) in [5.74, 6) is -0.893. The van der Waals surface area contributed by atoms with Crippen LogP contribution in [0.15, 0.2) is 48.5 Å². The van der Waals surface area contributed by atoms with Crippen molar-refractivity contribution in [3.63, 3.8) is 0 Å². The number of nitrogens with zero attached hydrogens (tertiary/aromatic N) is 1. The molecular formula is C28H32N2O5. The summed E-state index contributed by atoms with van der Waals surface area (Å²) >= 11 is 0. The second-order valence-electron chi connectivity index (χ2n) is 10.1. The van der Waals surface area contributed by atoms with E-state index in [2.05, 4.69) is 29.6 Å². The molecule has 184 valence electrons. The number of carbonyl (C=O) groups excluding carboxylic acids is 2. The molecule has 2 saturated carbocycles. The maximum Gasteiger partial charge on any atom is 0.407 e. The number of carboxylic acid groups (broad SMARTS) is 1. The third kappa shape index (κ3) is 4.90. The molecule has 0 spiro atoms. The fourth-order valence-electron chi connectivity index (χ4n) is 5.76. The van der Waals surface area contributed by atoms with Crippen LogP contribution in [0.25, 0.3) is 11.1 Å². The molecule has 35 heavy (non-hydrogen) atoms. The van der Waals surface area contributed by atoms with Gasteiger partial charge in [-0.3, -0.25) is 4.79 Å². The fourth-order valence-corrected chi connectivity index (χ4v) is 5.76. The minimum absolute atomic E-state index is 0.0201. The van der Waals surface area contributed by atoms with Crippen molar-refractivity contribution in [2.45, 2.75) is 69.5 Å². The van der Waals surface area contributed by atoms with Gasteiger partial charge in [0.1, 0.15) is 12.6 Å². The molecule has 5 rings (SSSR count). The molecule has 3 atom stereocenters. The molecule has 7 nitrogen and oxygen atoms in total. The molecule has 2 amide bonds. The average molecular weight is 477 g/mol. The lowest BCUT2D eigenvalue weighted by Crippen LogP contribution is -2.45. The topological polar surface area (TPSA) is 95.9 Å². The number of hydrogen-bond acceptors (Lipinski definition) is 4. The van der Waals surface area contributed by atoms with Crippen molar-refractivity contribution in [2.75, 3.05) is 6.61 Å². The summed E-state index contributed by atoms with van der Waals surface area (Å²) in [6.07, 6.45) is 3.98.